The molecule has 148 valence electrons. The molecule has 2 rings (SSSR count). The third-order valence-corrected chi connectivity index (χ3v) is 7.87. The minimum absolute atomic E-state index is 0.0408. The van der Waals surface area contributed by atoms with Crippen LogP contribution in [0.4, 0.5) is 0 Å². The van der Waals surface area contributed by atoms with Crippen molar-refractivity contribution in [1.29, 1.82) is 0 Å². The molecule has 0 amide bonds. The first kappa shape index (κ1) is 22.5. The molecule has 0 aliphatic carbocycles. The number of rotatable bonds is 14. The molecule has 0 fully saturated rings. The van der Waals surface area contributed by atoms with Crippen LogP contribution in [0, 0.1) is 7.14 Å². The number of halogens is 1. The first-order valence-electron chi connectivity index (χ1n) is 11.1. The van der Waals surface area contributed by atoms with Crippen molar-refractivity contribution in [2.45, 2.75) is 90.9 Å². The molecule has 0 bridgehead atoms. The Hall–Kier alpha value is -0.830. The van der Waals surface area contributed by atoms with E-state index in [9.17, 15) is 0 Å². The average molecular weight is 477 g/mol. The Labute approximate surface area is 178 Å². The van der Waals surface area contributed by atoms with E-state index < -0.39 is 0 Å². The highest BCUT2D eigenvalue weighted by molar-refractivity contribution is 5.16. The van der Waals surface area contributed by atoms with E-state index in [4.69, 9.17) is 0 Å². The van der Waals surface area contributed by atoms with Crippen LogP contribution in [-0.4, -0.2) is 0 Å². The zero-order valence-corrected chi connectivity index (χ0v) is 19.6. The number of benzene rings is 2. The molecule has 0 heterocycles. The first-order chi connectivity index (χ1) is 13.3. The number of unbranched alkanes of at least 4 members (excludes halogenated alkanes) is 8. The summed E-state index contributed by atoms with van der Waals surface area (Å²) in [5.74, 6) is 0. The SMILES string of the molecule is CCCCCCCc1ccc([I+]c2ccc(CCCCCCC)cc2)cc1. The maximum Gasteiger partial charge on any atom is 0.357 e. The standard InChI is InChI=1S/C26H38I/c1-3-5-7-9-11-13-23-15-19-25(20-16-23)27-26-21-17-24(18-22-26)14-12-10-8-6-4-2/h15-22H,3-14H2,1-2H3/q+1. The second-order valence-corrected chi connectivity index (χ2v) is 10.7. The van der Waals surface area contributed by atoms with Gasteiger partial charge in [-0.25, -0.2) is 0 Å². The van der Waals surface area contributed by atoms with Crippen LogP contribution in [0.3, 0.4) is 0 Å². The molecule has 2 aromatic rings. The Morgan fingerprint density at radius 3 is 1.22 bits per heavy atom. The molecule has 0 N–H and O–H groups in total. The highest BCUT2D eigenvalue weighted by Crippen LogP contribution is 2.09. The van der Waals surface area contributed by atoms with Crippen molar-refractivity contribution in [2.24, 2.45) is 0 Å². The van der Waals surface area contributed by atoms with E-state index >= 15 is 0 Å². The summed E-state index contributed by atoms with van der Waals surface area (Å²) >= 11 is -0.0408. The molecule has 0 unspecified atom stereocenters. The summed E-state index contributed by atoms with van der Waals surface area (Å²) in [5.41, 5.74) is 3.02. The van der Waals surface area contributed by atoms with E-state index in [1.807, 2.05) is 0 Å². The molecule has 0 saturated heterocycles. The zero-order valence-electron chi connectivity index (χ0n) is 17.5. The van der Waals surface area contributed by atoms with E-state index in [2.05, 4.69) is 62.4 Å². The summed E-state index contributed by atoms with van der Waals surface area (Å²) in [6.45, 7) is 4.56. The lowest BCUT2D eigenvalue weighted by molar-refractivity contribution is -0.597. The molecule has 0 radical (unpaired) electrons. The van der Waals surface area contributed by atoms with E-state index in [1.54, 1.807) is 0 Å². The van der Waals surface area contributed by atoms with Crippen molar-refractivity contribution in [1.82, 2.24) is 0 Å². The lowest BCUT2D eigenvalue weighted by Gasteiger charge is -2.01. The summed E-state index contributed by atoms with van der Waals surface area (Å²) in [5, 5.41) is 0. The number of aryl methyl sites for hydroxylation is 2. The maximum absolute atomic E-state index is 2.37. The van der Waals surface area contributed by atoms with Gasteiger partial charge in [0.2, 0.25) is 0 Å². The largest absolute Gasteiger partial charge is 0.357 e. The Morgan fingerprint density at radius 1 is 0.481 bits per heavy atom. The second-order valence-electron chi connectivity index (χ2n) is 7.68. The lowest BCUT2D eigenvalue weighted by atomic mass is 10.1. The highest BCUT2D eigenvalue weighted by atomic mass is 127. The van der Waals surface area contributed by atoms with Crippen LogP contribution >= 0.6 is 0 Å². The molecule has 0 spiro atoms. The minimum Gasteiger partial charge on any atom is -0.0654 e. The summed E-state index contributed by atoms with van der Waals surface area (Å²) in [6, 6.07) is 18.9. The van der Waals surface area contributed by atoms with Gasteiger partial charge in [-0.15, -0.1) is 0 Å². The fraction of sp³-hybridized carbons (Fsp3) is 0.538. The highest BCUT2D eigenvalue weighted by Gasteiger charge is 2.15. The molecular formula is C26H38I+. The number of hydrogen-bond donors (Lipinski definition) is 0. The molecule has 0 nitrogen and oxygen atoms in total. The monoisotopic (exact) mass is 477 g/mol. The van der Waals surface area contributed by atoms with Gasteiger partial charge in [-0.1, -0.05) is 89.5 Å². The van der Waals surface area contributed by atoms with E-state index in [0.29, 0.717) is 0 Å². The van der Waals surface area contributed by atoms with Crippen LogP contribution in [0.1, 0.15) is 89.2 Å². The van der Waals surface area contributed by atoms with Crippen LogP contribution in [0.2, 0.25) is 0 Å². The summed E-state index contributed by atoms with van der Waals surface area (Å²) in [7, 11) is 0. The van der Waals surface area contributed by atoms with Crippen molar-refractivity contribution in [2.75, 3.05) is 0 Å². The molecule has 0 aliphatic heterocycles. The molecule has 2 aromatic carbocycles. The third kappa shape index (κ3) is 9.78. The summed E-state index contributed by atoms with van der Waals surface area (Å²) in [4.78, 5) is 0. The normalized spacial score (nSPS) is 11.0. The lowest BCUT2D eigenvalue weighted by Crippen LogP contribution is -3.61. The summed E-state index contributed by atoms with van der Waals surface area (Å²) < 4.78 is 3.08. The van der Waals surface area contributed by atoms with Crippen molar-refractivity contribution >= 4 is 0 Å². The van der Waals surface area contributed by atoms with Gasteiger partial charge in [0.25, 0.3) is 0 Å². The van der Waals surface area contributed by atoms with Crippen LogP contribution in [0.25, 0.3) is 0 Å². The fourth-order valence-electron chi connectivity index (χ4n) is 3.42. The van der Waals surface area contributed by atoms with Crippen LogP contribution in [0.5, 0.6) is 0 Å². The van der Waals surface area contributed by atoms with Crippen LogP contribution in [-0.2, 0) is 12.8 Å². The maximum atomic E-state index is 2.37. The van der Waals surface area contributed by atoms with Gasteiger partial charge in [-0.05, 0) is 61.1 Å². The minimum atomic E-state index is -0.0408. The summed E-state index contributed by atoms with van der Waals surface area (Å²) in [6.07, 6.45) is 16.2. The van der Waals surface area contributed by atoms with E-state index in [-0.39, 0.29) is 21.2 Å². The predicted molar refractivity (Wildman–Crippen MR) is 115 cm³/mol. The Balaban J connectivity index is 1.71. The first-order valence-corrected chi connectivity index (χ1v) is 13.3. The molecule has 0 atom stereocenters. The second kappa shape index (κ2) is 14.2. The predicted octanol–water partition coefficient (Wildman–Crippen LogP) is 4.84. The van der Waals surface area contributed by atoms with Gasteiger partial charge in [-0.3, -0.25) is 0 Å². The quantitative estimate of drug-likeness (QED) is 0.270. The molecule has 0 aliphatic rings. The van der Waals surface area contributed by atoms with Crippen molar-refractivity contribution in [3.8, 4) is 0 Å². The molecular weight excluding hydrogens is 439 g/mol. The van der Waals surface area contributed by atoms with E-state index in [0.717, 1.165) is 0 Å². The van der Waals surface area contributed by atoms with Gasteiger partial charge in [-0.2, -0.15) is 0 Å². The van der Waals surface area contributed by atoms with Gasteiger partial charge in [0, 0.05) is 0 Å². The van der Waals surface area contributed by atoms with Gasteiger partial charge in [0.1, 0.15) is 0 Å². The van der Waals surface area contributed by atoms with Crippen molar-refractivity contribution in [3.63, 3.8) is 0 Å². The van der Waals surface area contributed by atoms with Crippen LogP contribution < -0.4 is 21.2 Å². The number of hydrogen-bond acceptors (Lipinski definition) is 0. The van der Waals surface area contributed by atoms with E-state index in [1.165, 1.54) is 95.3 Å². The zero-order chi connectivity index (χ0) is 19.2. The Bertz CT molecular complexity index is 542. The van der Waals surface area contributed by atoms with Crippen molar-refractivity contribution in [3.05, 3.63) is 66.8 Å². The fourth-order valence-corrected chi connectivity index (χ4v) is 5.58. The Morgan fingerprint density at radius 2 is 0.852 bits per heavy atom. The third-order valence-electron chi connectivity index (χ3n) is 5.18. The van der Waals surface area contributed by atoms with Gasteiger partial charge >= 0.3 is 21.2 Å². The van der Waals surface area contributed by atoms with Gasteiger partial charge < -0.3 is 0 Å². The van der Waals surface area contributed by atoms with Crippen LogP contribution in [0.15, 0.2) is 48.5 Å². The van der Waals surface area contributed by atoms with Crippen molar-refractivity contribution < 1.29 is 21.2 Å². The molecule has 0 saturated carbocycles. The van der Waals surface area contributed by atoms with Gasteiger partial charge in [0.15, 0.2) is 7.14 Å². The topological polar surface area (TPSA) is 0 Å². The molecule has 27 heavy (non-hydrogen) atoms. The smallest absolute Gasteiger partial charge is 0.0654 e. The molecule has 1 heteroatoms. The van der Waals surface area contributed by atoms with Gasteiger partial charge in [0.05, 0.1) is 0 Å². The Kier molecular flexibility index (Phi) is 11.8. The average Bonchev–Trinajstić information content (AvgIpc) is 2.70. The molecule has 0 aromatic heterocycles.